The van der Waals surface area contributed by atoms with E-state index in [1.54, 1.807) is 12.1 Å². The van der Waals surface area contributed by atoms with Gasteiger partial charge in [-0.15, -0.1) is 0 Å². The van der Waals surface area contributed by atoms with Crippen LogP contribution in [0.2, 0.25) is 0 Å². The van der Waals surface area contributed by atoms with Crippen LogP contribution in [0.1, 0.15) is 63.9 Å². The zero-order valence-corrected chi connectivity index (χ0v) is 19.5. The normalized spacial score (nSPS) is 12.9. The lowest BCUT2D eigenvalue weighted by atomic mass is 9.95. The first kappa shape index (κ1) is 23.7. The smallest absolute Gasteiger partial charge is 0.251 e. The molecule has 0 radical (unpaired) electrons. The van der Waals surface area contributed by atoms with E-state index in [0.29, 0.717) is 29.3 Å². The number of aliphatic hydroxyl groups is 1. The lowest BCUT2D eigenvalue weighted by Gasteiger charge is -2.11. The van der Waals surface area contributed by atoms with Gasteiger partial charge in [0.2, 0.25) is 0 Å². The highest BCUT2D eigenvalue weighted by Gasteiger charge is 2.24. The van der Waals surface area contributed by atoms with Crippen LogP contribution in [-0.4, -0.2) is 36.1 Å². The van der Waals surface area contributed by atoms with Crippen molar-refractivity contribution in [1.82, 2.24) is 5.32 Å². The SMILES string of the molecule is Cc1ccc(C(=O)NC2CC2)cc1-c1ccc(C(=O)c2ccc(OCCCCCO)cc2)cc1. The number of nitrogens with one attached hydrogen (secondary N) is 1. The lowest BCUT2D eigenvalue weighted by molar-refractivity contribution is 0.0950. The molecule has 1 saturated carbocycles. The van der Waals surface area contributed by atoms with Crippen molar-refractivity contribution < 1.29 is 19.4 Å². The molecule has 0 aliphatic heterocycles. The molecule has 4 rings (SSSR count). The molecule has 34 heavy (non-hydrogen) atoms. The van der Waals surface area contributed by atoms with E-state index in [2.05, 4.69) is 5.32 Å². The first-order valence-electron chi connectivity index (χ1n) is 12.0. The minimum absolute atomic E-state index is 0.0341. The van der Waals surface area contributed by atoms with Gasteiger partial charge in [0.25, 0.3) is 5.91 Å². The quantitative estimate of drug-likeness (QED) is 0.302. The minimum atomic E-state index is -0.0460. The van der Waals surface area contributed by atoms with Crippen molar-refractivity contribution in [3.63, 3.8) is 0 Å². The third-order valence-electron chi connectivity index (χ3n) is 6.06. The first-order valence-corrected chi connectivity index (χ1v) is 12.0. The van der Waals surface area contributed by atoms with Gasteiger partial charge in [-0.25, -0.2) is 0 Å². The van der Waals surface area contributed by atoms with E-state index in [-0.39, 0.29) is 18.3 Å². The van der Waals surface area contributed by atoms with Crippen molar-refractivity contribution in [1.29, 1.82) is 0 Å². The van der Waals surface area contributed by atoms with Gasteiger partial charge < -0.3 is 15.2 Å². The first-order chi connectivity index (χ1) is 16.5. The number of amides is 1. The molecular weight excluding hydrogens is 426 g/mol. The average Bonchev–Trinajstić information content (AvgIpc) is 3.68. The Morgan fingerprint density at radius 2 is 1.53 bits per heavy atom. The second kappa shape index (κ2) is 11.1. The van der Waals surface area contributed by atoms with E-state index in [1.165, 1.54) is 0 Å². The Balaban J connectivity index is 1.41. The van der Waals surface area contributed by atoms with Gasteiger partial charge in [-0.05, 0) is 92.1 Å². The Labute approximate surface area is 200 Å². The highest BCUT2D eigenvalue weighted by atomic mass is 16.5. The third-order valence-corrected chi connectivity index (χ3v) is 6.06. The van der Waals surface area contributed by atoms with Crippen LogP contribution in [0.3, 0.4) is 0 Å². The number of hydrogen-bond acceptors (Lipinski definition) is 4. The topological polar surface area (TPSA) is 75.6 Å². The Hall–Kier alpha value is -3.44. The summed E-state index contributed by atoms with van der Waals surface area (Å²) in [6, 6.07) is 20.8. The second-order valence-electron chi connectivity index (χ2n) is 8.84. The molecule has 2 N–H and O–H groups in total. The molecule has 1 fully saturated rings. The number of rotatable bonds is 11. The molecule has 5 heteroatoms. The highest BCUT2D eigenvalue weighted by Crippen LogP contribution is 2.27. The Morgan fingerprint density at radius 1 is 0.882 bits per heavy atom. The van der Waals surface area contributed by atoms with E-state index >= 15 is 0 Å². The number of aryl methyl sites for hydroxylation is 1. The van der Waals surface area contributed by atoms with E-state index in [0.717, 1.165) is 54.5 Å². The summed E-state index contributed by atoms with van der Waals surface area (Å²) in [5.74, 6) is 0.653. The van der Waals surface area contributed by atoms with E-state index in [4.69, 9.17) is 9.84 Å². The van der Waals surface area contributed by atoms with E-state index < -0.39 is 0 Å². The molecule has 1 amide bonds. The summed E-state index contributed by atoms with van der Waals surface area (Å²) in [5, 5.41) is 11.8. The van der Waals surface area contributed by atoms with Crippen molar-refractivity contribution in [3.05, 3.63) is 89.0 Å². The standard InChI is InChI=1S/C29H31NO4/c1-20-5-6-24(29(33)30-25-13-14-25)19-27(20)21-7-9-22(10-8-21)28(32)23-11-15-26(16-12-23)34-18-4-2-3-17-31/h5-12,15-16,19,25,31H,2-4,13-14,17-18H2,1H3,(H,30,33). The number of carbonyl (C=O) groups is 2. The minimum Gasteiger partial charge on any atom is -0.494 e. The number of carbonyl (C=O) groups excluding carboxylic acids is 2. The monoisotopic (exact) mass is 457 g/mol. The van der Waals surface area contributed by atoms with Crippen LogP contribution < -0.4 is 10.1 Å². The van der Waals surface area contributed by atoms with Gasteiger partial charge in [-0.3, -0.25) is 9.59 Å². The van der Waals surface area contributed by atoms with Crippen LogP contribution >= 0.6 is 0 Å². The van der Waals surface area contributed by atoms with E-state index in [1.807, 2.05) is 61.5 Å². The van der Waals surface area contributed by atoms with Crippen molar-refractivity contribution in [3.8, 4) is 16.9 Å². The number of aliphatic hydroxyl groups excluding tert-OH is 1. The Kier molecular flexibility index (Phi) is 7.76. The summed E-state index contributed by atoms with van der Waals surface area (Å²) in [6.45, 7) is 2.83. The fourth-order valence-electron chi connectivity index (χ4n) is 3.82. The third kappa shape index (κ3) is 6.12. The molecule has 0 heterocycles. The maximum absolute atomic E-state index is 12.9. The van der Waals surface area contributed by atoms with Crippen molar-refractivity contribution in [2.45, 2.75) is 45.1 Å². The molecule has 0 aromatic heterocycles. The van der Waals surface area contributed by atoms with Gasteiger partial charge in [-0.1, -0.05) is 30.3 Å². The molecule has 0 saturated heterocycles. The van der Waals surface area contributed by atoms with Crippen molar-refractivity contribution in [2.75, 3.05) is 13.2 Å². The van der Waals surface area contributed by atoms with Gasteiger partial charge in [0.05, 0.1) is 6.61 Å². The number of benzene rings is 3. The highest BCUT2D eigenvalue weighted by molar-refractivity contribution is 6.09. The van der Waals surface area contributed by atoms with Gasteiger partial charge in [-0.2, -0.15) is 0 Å². The molecule has 0 atom stereocenters. The van der Waals surface area contributed by atoms with Crippen LogP contribution in [0.25, 0.3) is 11.1 Å². The summed E-state index contributed by atoms with van der Waals surface area (Å²) in [7, 11) is 0. The molecule has 1 aliphatic carbocycles. The zero-order chi connectivity index (χ0) is 23.9. The van der Waals surface area contributed by atoms with Crippen molar-refractivity contribution >= 4 is 11.7 Å². The van der Waals surface area contributed by atoms with Gasteiger partial charge >= 0.3 is 0 Å². The molecule has 0 spiro atoms. The molecule has 176 valence electrons. The summed E-state index contributed by atoms with van der Waals surface area (Å²) >= 11 is 0. The van der Waals surface area contributed by atoms with Crippen LogP contribution in [-0.2, 0) is 0 Å². The zero-order valence-electron chi connectivity index (χ0n) is 19.5. The van der Waals surface area contributed by atoms with Gasteiger partial charge in [0.15, 0.2) is 5.78 Å². The summed E-state index contributed by atoms with van der Waals surface area (Å²) in [5.41, 5.74) is 4.91. The summed E-state index contributed by atoms with van der Waals surface area (Å²) in [4.78, 5) is 25.4. The maximum Gasteiger partial charge on any atom is 0.251 e. The molecule has 5 nitrogen and oxygen atoms in total. The van der Waals surface area contributed by atoms with Gasteiger partial charge in [0, 0.05) is 29.3 Å². The average molecular weight is 458 g/mol. The van der Waals surface area contributed by atoms with Crippen LogP contribution in [0.15, 0.2) is 66.7 Å². The number of ether oxygens (including phenoxy) is 1. The summed E-state index contributed by atoms with van der Waals surface area (Å²) in [6.07, 6.45) is 4.72. The van der Waals surface area contributed by atoms with Gasteiger partial charge in [0.1, 0.15) is 5.75 Å². The molecule has 0 unspecified atom stereocenters. The molecule has 0 bridgehead atoms. The number of ketones is 1. The van der Waals surface area contributed by atoms with Crippen molar-refractivity contribution in [2.24, 2.45) is 0 Å². The van der Waals surface area contributed by atoms with Crippen LogP contribution in [0, 0.1) is 6.92 Å². The number of unbranched alkanes of at least 4 members (excludes halogenated alkanes) is 2. The number of hydrogen-bond donors (Lipinski definition) is 2. The predicted molar refractivity (Wildman–Crippen MR) is 133 cm³/mol. The van der Waals surface area contributed by atoms with Crippen LogP contribution in [0.5, 0.6) is 5.75 Å². The second-order valence-corrected chi connectivity index (χ2v) is 8.84. The molecular formula is C29H31NO4. The Morgan fingerprint density at radius 3 is 2.18 bits per heavy atom. The molecule has 3 aromatic rings. The largest absolute Gasteiger partial charge is 0.494 e. The fourth-order valence-corrected chi connectivity index (χ4v) is 3.82. The maximum atomic E-state index is 12.9. The fraction of sp³-hybridized carbons (Fsp3) is 0.310. The molecule has 3 aromatic carbocycles. The Bertz CT molecular complexity index is 1130. The van der Waals surface area contributed by atoms with E-state index in [9.17, 15) is 9.59 Å². The summed E-state index contributed by atoms with van der Waals surface area (Å²) < 4.78 is 5.70. The lowest BCUT2D eigenvalue weighted by Crippen LogP contribution is -2.25. The van der Waals surface area contributed by atoms with Crippen LogP contribution in [0.4, 0.5) is 0 Å². The predicted octanol–water partition coefficient (Wildman–Crippen LogP) is 5.33. The molecule has 1 aliphatic rings.